The van der Waals surface area contributed by atoms with Gasteiger partial charge in [0.1, 0.15) is 34.3 Å². The number of hydrogen-bond donors (Lipinski definition) is 2. The van der Waals surface area contributed by atoms with Crippen molar-refractivity contribution < 1.29 is 47.6 Å². The zero-order valence-electron chi connectivity index (χ0n) is 20.7. The van der Waals surface area contributed by atoms with E-state index >= 15 is 0 Å². The Balaban J connectivity index is 0.000000218. The molecule has 0 aliphatic rings. The molecule has 0 aromatic heterocycles. The second-order valence-corrected chi connectivity index (χ2v) is 7.79. The fourth-order valence-corrected chi connectivity index (χ4v) is 3.34. The minimum Gasteiger partial charge on any atom is -0.507 e. The van der Waals surface area contributed by atoms with E-state index in [1.54, 1.807) is 36.4 Å². The van der Waals surface area contributed by atoms with E-state index in [9.17, 15) is 28.3 Å². The standard InChI is InChI=1S/C16H14O5.C13H8F2O3/c1-11(17)20-13-8-4-3-7-12(13)16(18)21-15-10-6-5-9-14(15)19-2;14-8-2-3-9(11(15)6-8)7-1-4-12(16)10(5-7)13(17)18/h3-10H,1-2H3;1-6,16H,(H,17,18). The number of methoxy groups -OCH3 is 1. The number of rotatable bonds is 6. The summed E-state index contributed by atoms with van der Waals surface area (Å²) in [4.78, 5) is 34.1. The van der Waals surface area contributed by atoms with Crippen LogP contribution in [0.2, 0.25) is 0 Å². The molecule has 0 unspecified atom stereocenters. The predicted octanol–water partition coefficient (Wildman–Crippen LogP) is 5.88. The fourth-order valence-electron chi connectivity index (χ4n) is 3.34. The second kappa shape index (κ2) is 12.8. The molecule has 4 aromatic rings. The van der Waals surface area contributed by atoms with Crippen LogP contribution in [0.1, 0.15) is 27.6 Å². The number of aromatic carboxylic acids is 1. The maximum absolute atomic E-state index is 13.5. The smallest absolute Gasteiger partial charge is 0.347 e. The summed E-state index contributed by atoms with van der Waals surface area (Å²) in [5.41, 5.74) is 0.149. The van der Waals surface area contributed by atoms with E-state index in [1.807, 2.05) is 0 Å². The van der Waals surface area contributed by atoms with Crippen molar-refractivity contribution in [3.05, 3.63) is 108 Å². The van der Waals surface area contributed by atoms with Crippen LogP contribution in [0, 0.1) is 11.6 Å². The van der Waals surface area contributed by atoms with Gasteiger partial charge in [-0.15, -0.1) is 0 Å². The molecule has 200 valence electrons. The molecule has 0 bridgehead atoms. The average molecular weight is 536 g/mol. The summed E-state index contributed by atoms with van der Waals surface area (Å²) in [5, 5.41) is 18.2. The second-order valence-electron chi connectivity index (χ2n) is 7.79. The average Bonchev–Trinajstić information content (AvgIpc) is 2.89. The molecule has 39 heavy (non-hydrogen) atoms. The van der Waals surface area contributed by atoms with Crippen molar-refractivity contribution in [1.82, 2.24) is 0 Å². The van der Waals surface area contributed by atoms with E-state index in [0.717, 1.165) is 18.2 Å². The number of carbonyl (C=O) groups is 3. The molecule has 0 saturated heterocycles. The highest BCUT2D eigenvalue weighted by atomic mass is 19.1. The highest BCUT2D eigenvalue weighted by Gasteiger charge is 2.17. The van der Waals surface area contributed by atoms with E-state index in [-0.39, 0.29) is 28.0 Å². The van der Waals surface area contributed by atoms with E-state index in [0.29, 0.717) is 17.6 Å². The monoisotopic (exact) mass is 536 g/mol. The van der Waals surface area contributed by atoms with Gasteiger partial charge in [0.25, 0.3) is 0 Å². The van der Waals surface area contributed by atoms with Crippen LogP contribution in [-0.4, -0.2) is 35.2 Å². The summed E-state index contributed by atoms with van der Waals surface area (Å²) in [6.45, 7) is 1.27. The minimum absolute atomic E-state index is 0.0684. The number of benzene rings is 4. The highest BCUT2D eigenvalue weighted by molar-refractivity contribution is 5.95. The molecule has 0 amide bonds. The number of para-hydroxylation sites is 3. The Hall–Kier alpha value is -5.25. The molecule has 4 aromatic carbocycles. The van der Waals surface area contributed by atoms with Crippen LogP contribution in [0.15, 0.2) is 84.9 Å². The molecule has 0 fully saturated rings. The lowest BCUT2D eigenvalue weighted by molar-refractivity contribution is -0.131. The summed E-state index contributed by atoms with van der Waals surface area (Å²) in [6, 6.07) is 19.8. The Kier molecular flexibility index (Phi) is 9.31. The molecular formula is C29H22F2O8. The van der Waals surface area contributed by atoms with Crippen molar-refractivity contribution in [3.63, 3.8) is 0 Å². The third-order valence-electron chi connectivity index (χ3n) is 5.10. The maximum atomic E-state index is 13.5. The highest BCUT2D eigenvalue weighted by Crippen LogP contribution is 2.29. The molecule has 0 aliphatic carbocycles. The zero-order valence-corrected chi connectivity index (χ0v) is 20.7. The Morgan fingerprint density at radius 3 is 2.00 bits per heavy atom. The molecule has 0 heterocycles. The lowest BCUT2D eigenvalue weighted by Gasteiger charge is -2.10. The molecular weight excluding hydrogens is 514 g/mol. The van der Waals surface area contributed by atoms with Gasteiger partial charge in [0.15, 0.2) is 11.5 Å². The molecule has 0 saturated carbocycles. The number of phenols is 1. The summed E-state index contributed by atoms with van der Waals surface area (Å²) in [6.07, 6.45) is 0. The molecule has 0 radical (unpaired) electrons. The number of esters is 2. The van der Waals surface area contributed by atoms with Crippen molar-refractivity contribution >= 4 is 17.9 Å². The number of halogens is 2. The van der Waals surface area contributed by atoms with Crippen LogP contribution < -0.4 is 14.2 Å². The number of carboxylic acids is 1. The summed E-state index contributed by atoms with van der Waals surface area (Å²) in [7, 11) is 1.49. The van der Waals surface area contributed by atoms with Crippen LogP contribution in [0.3, 0.4) is 0 Å². The van der Waals surface area contributed by atoms with E-state index in [2.05, 4.69) is 0 Å². The van der Waals surface area contributed by atoms with Crippen molar-refractivity contribution in [3.8, 4) is 34.1 Å². The van der Waals surface area contributed by atoms with Gasteiger partial charge in [0.05, 0.1) is 7.11 Å². The number of ether oxygens (including phenoxy) is 3. The molecule has 0 aliphatic heterocycles. The number of hydrogen-bond acceptors (Lipinski definition) is 7. The lowest BCUT2D eigenvalue weighted by Crippen LogP contribution is -2.12. The van der Waals surface area contributed by atoms with Crippen molar-refractivity contribution in [2.45, 2.75) is 6.92 Å². The Morgan fingerprint density at radius 2 is 1.38 bits per heavy atom. The third kappa shape index (κ3) is 7.39. The molecule has 8 nitrogen and oxygen atoms in total. The lowest BCUT2D eigenvalue weighted by atomic mass is 10.0. The van der Waals surface area contributed by atoms with Gasteiger partial charge in [-0.05, 0) is 54.1 Å². The first-order chi connectivity index (χ1) is 18.6. The quantitative estimate of drug-likeness (QED) is 0.232. The molecule has 2 N–H and O–H groups in total. The van der Waals surface area contributed by atoms with Gasteiger partial charge in [0.2, 0.25) is 0 Å². The van der Waals surface area contributed by atoms with Gasteiger partial charge in [-0.2, -0.15) is 0 Å². The van der Waals surface area contributed by atoms with E-state index in [4.69, 9.17) is 19.3 Å². The summed E-state index contributed by atoms with van der Waals surface area (Å²) >= 11 is 0. The first-order valence-corrected chi connectivity index (χ1v) is 11.2. The third-order valence-corrected chi connectivity index (χ3v) is 5.10. The van der Waals surface area contributed by atoms with Crippen LogP contribution in [0.5, 0.6) is 23.0 Å². The Morgan fingerprint density at radius 1 is 0.744 bits per heavy atom. The molecule has 10 heteroatoms. The van der Waals surface area contributed by atoms with Gasteiger partial charge in [-0.3, -0.25) is 4.79 Å². The van der Waals surface area contributed by atoms with Crippen LogP contribution in [0.4, 0.5) is 8.78 Å². The molecule has 0 atom stereocenters. The van der Waals surface area contributed by atoms with Gasteiger partial charge < -0.3 is 24.4 Å². The SMILES string of the molecule is COc1ccccc1OC(=O)c1ccccc1OC(C)=O.O=C(O)c1cc(-c2ccc(F)cc2F)ccc1O. The van der Waals surface area contributed by atoms with Crippen LogP contribution in [0.25, 0.3) is 11.1 Å². The van der Waals surface area contributed by atoms with E-state index < -0.39 is 35.3 Å². The van der Waals surface area contributed by atoms with Crippen LogP contribution in [-0.2, 0) is 4.79 Å². The zero-order chi connectivity index (χ0) is 28.5. The normalized spacial score (nSPS) is 10.1. The first-order valence-electron chi connectivity index (χ1n) is 11.2. The molecule has 4 rings (SSSR count). The predicted molar refractivity (Wildman–Crippen MR) is 136 cm³/mol. The topological polar surface area (TPSA) is 119 Å². The number of carbonyl (C=O) groups excluding carboxylic acids is 2. The number of carboxylic acid groups (broad SMARTS) is 1. The van der Waals surface area contributed by atoms with Crippen LogP contribution >= 0.6 is 0 Å². The first kappa shape index (κ1) is 28.3. The Labute approximate surface area is 221 Å². The van der Waals surface area contributed by atoms with Crippen molar-refractivity contribution in [1.29, 1.82) is 0 Å². The largest absolute Gasteiger partial charge is 0.507 e. The van der Waals surface area contributed by atoms with Gasteiger partial charge in [-0.1, -0.05) is 30.3 Å². The van der Waals surface area contributed by atoms with Crippen molar-refractivity contribution in [2.24, 2.45) is 0 Å². The summed E-state index contributed by atoms with van der Waals surface area (Å²) in [5.74, 6) is -3.48. The number of aromatic hydroxyl groups is 1. The van der Waals surface area contributed by atoms with Gasteiger partial charge in [-0.25, -0.2) is 18.4 Å². The maximum Gasteiger partial charge on any atom is 0.347 e. The molecule has 0 spiro atoms. The van der Waals surface area contributed by atoms with Crippen molar-refractivity contribution in [2.75, 3.05) is 7.11 Å². The Bertz CT molecular complexity index is 1520. The fraction of sp³-hybridized carbons (Fsp3) is 0.0690. The minimum atomic E-state index is -1.32. The van der Waals surface area contributed by atoms with Gasteiger partial charge >= 0.3 is 17.9 Å². The summed E-state index contributed by atoms with van der Waals surface area (Å²) < 4.78 is 41.7. The van der Waals surface area contributed by atoms with Gasteiger partial charge in [0, 0.05) is 18.6 Å². The van der Waals surface area contributed by atoms with E-state index in [1.165, 1.54) is 38.3 Å².